The summed E-state index contributed by atoms with van der Waals surface area (Å²) in [5.41, 5.74) is 6.54. The molecule has 0 aliphatic carbocycles. The number of rotatable bonds is 4. The summed E-state index contributed by atoms with van der Waals surface area (Å²) in [6.45, 7) is 5.60. The molecule has 1 heterocycles. The average molecular weight is 331 g/mol. The van der Waals surface area contributed by atoms with Crippen molar-refractivity contribution in [3.05, 3.63) is 34.9 Å². The molecule has 1 atom stereocenters. The van der Waals surface area contributed by atoms with Crippen molar-refractivity contribution in [2.24, 2.45) is 5.73 Å². The van der Waals surface area contributed by atoms with Gasteiger partial charge in [-0.15, -0.1) is 12.4 Å². The van der Waals surface area contributed by atoms with Gasteiger partial charge >= 0.3 is 0 Å². The van der Waals surface area contributed by atoms with Gasteiger partial charge in [0.2, 0.25) is 5.91 Å². The summed E-state index contributed by atoms with van der Waals surface area (Å²) in [6, 6.07) is 7.79. The zero-order valence-electron chi connectivity index (χ0n) is 12.6. The Labute approximate surface area is 138 Å². The van der Waals surface area contributed by atoms with E-state index >= 15 is 0 Å². The second kappa shape index (κ2) is 7.48. The summed E-state index contributed by atoms with van der Waals surface area (Å²) in [6.07, 6.45) is 2.47. The Balaban J connectivity index is 0.00000220. The van der Waals surface area contributed by atoms with Gasteiger partial charge in [0.15, 0.2) is 0 Å². The number of halogens is 2. The number of amides is 1. The van der Waals surface area contributed by atoms with E-state index in [1.54, 1.807) is 0 Å². The topological polar surface area (TPSA) is 46.3 Å². The zero-order valence-corrected chi connectivity index (χ0v) is 14.2. The van der Waals surface area contributed by atoms with E-state index in [0.717, 1.165) is 31.4 Å². The van der Waals surface area contributed by atoms with Crippen molar-refractivity contribution in [2.75, 3.05) is 13.1 Å². The fraction of sp³-hybridized carbons (Fsp3) is 0.562. The smallest absolute Gasteiger partial charge is 0.233 e. The Kier molecular flexibility index (Phi) is 6.51. The van der Waals surface area contributed by atoms with Crippen LogP contribution in [0.1, 0.15) is 38.7 Å². The van der Waals surface area contributed by atoms with Gasteiger partial charge in [-0.25, -0.2) is 0 Å². The molecule has 2 rings (SSSR count). The molecule has 0 bridgehead atoms. The van der Waals surface area contributed by atoms with Crippen LogP contribution in [0.4, 0.5) is 0 Å². The molecule has 0 unspecified atom stereocenters. The van der Waals surface area contributed by atoms with Crippen LogP contribution >= 0.6 is 24.0 Å². The fourth-order valence-electron chi connectivity index (χ4n) is 3.13. The molecule has 2 N–H and O–H groups in total. The SMILES string of the molecule is CCC(CC)(C(=O)N1CC[C@@H](N)C1)c1ccc(Cl)cc1.Cl. The van der Waals surface area contributed by atoms with E-state index in [1.165, 1.54) is 0 Å². The normalized spacial score (nSPS) is 18.5. The van der Waals surface area contributed by atoms with E-state index in [4.69, 9.17) is 17.3 Å². The van der Waals surface area contributed by atoms with E-state index in [1.807, 2.05) is 29.2 Å². The van der Waals surface area contributed by atoms with E-state index in [0.29, 0.717) is 11.6 Å². The maximum absolute atomic E-state index is 13.0. The van der Waals surface area contributed by atoms with Crippen LogP contribution < -0.4 is 5.73 Å². The first kappa shape index (κ1) is 18.3. The first-order chi connectivity index (χ1) is 9.53. The molecule has 1 aliphatic rings. The highest BCUT2D eigenvalue weighted by Crippen LogP contribution is 2.35. The molecule has 1 amide bonds. The van der Waals surface area contributed by atoms with Crippen LogP contribution in [0.25, 0.3) is 0 Å². The van der Waals surface area contributed by atoms with Crippen molar-refractivity contribution < 1.29 is 4.79 Å². The molecule has 1 fully saturated rings. The third-order valence-corrected chi connectivity index (χ3v) is 4.78. The van der Waals surface area contributed by atoms with E-state index in [9.17, 15) is 4.79 Å². The second-order valence-corrected chi connectivity index (χ2v) is 6.03. The zero-order chi connectivity index (χ0) is 14.8. The highest BCUT2D eigenvalue weighted by Gasteiger charge is 2.41. The van der Waals surface area contributed by atoms with Gasteiger partial charge in [0.1, 0.15) is 0 Å². The quantitative estimate of drug-likeness (QED) is 0.919. The summed E-state index contributed by atoms with van der Waals surface area (Å²) in [4.78, 5) is 14.9. The number of benzene rings is 1. The fourth-order valence-corrected chi connectivity index (χ4v) is 3.25. The van der Waals surface area contributed by atoms with E-state index < -0.39 is 5.41 Å². The van der Waals surface area contributed by atoms with E-state index in [2.05, 4.69) is 13.8 Å². The maximum Gasteiger partial charge on any atom is 0.233 e. The lowest BCUT2D eigenvalue weighted by Crippen LogP contribution is -2.46. The minimum absolute atomic E-state index is 0. The van der Waals surface area contributed by atoms with Crippen LogP contribution in [-0.4, -0.2) is 29.9 Å². The molecule has 1 aliphatic heterocycles. The van der Waals surface area contributed by atoms with Crippen molar-refractivity contribution >= 4 is 29.9 Å². The molecule has 5 heteroatoms. The Morgan fingerprint density at radius 2 is 1.90 bits per heavy atom. The van der Waals surface area contributed by atoms with E-state index in [-0.39, 0.29) is 24.4 Å². The number of carbonyl (C=O) groups excluding carboxylic acids is 1. The van der Waals surface area contributed by atoms with Gasteiger partial charge in [-0.05, 0) is 37.0 Å². The summed E-state index contributed by atoms with van der Waals surface area (Å²) >= 11 is 5.96. The van der Waals surface area contributed by atoms with Crippen molar-refractivity contribution in [2.45, 2.75) is 44.6 Å². The summed E-state index contributed by atoms with van der Waals surface area (Å²) in [5.74, 6) is 0.206. The summed E-state index contributed by atoms with van der Waals surface area (Å²) < 4.78 is 0. The average Bonchev–Trinajstić information content (AvgIpc) is 2.89. The first-order valence-corrected chi connectivity index (χ1v) is 7.72. The van der Waals surface area contributed by atoms with Crippen LogP contribution in [0, 0.1) is 0 Å². The van der Waals surface area contributed by atoms with Gasteiger partial charge in [-0.3, -0.25) is 4.79 Å². The third kappa shape index (κ3) is 3.53. The number of nitrogens with two attached hydrogens (primary N) is 1. The van der Waals surface area contributed by atoms with Crippen LogP contribution in [0.3, 0.4) is 0 Å². The number of hydrogen-bond acceptors (Lipinski definition) is 2. The largest absolute Gasteiger partial charge is 0.340 e. The van der Waals surface area contributed by atoms with Crippen molar-refractivity contribution in [1.29, 1.82) is 0 Å². The number of nitrogens with zero attached hydrogens (tertiary/aromatic N) is 1. The lowest BCUT2D eigenvalue weighted by Gasteiger charge is -2.35. The van der Waals surface area contributed by atoms with Crippen molar-refractivity contribution in [1.82, 2.24) is 4.90 Å². The second-order valence-electron chi connectivity index (χ2n) is 5.60. The minimum atomic E-state index is -0.450. The molecule has 118 valence electrons. The molecular weight excluding hydrogens is 307 g/mol. The van der Waals surface area contributed by atoms with Gasteiger partial charge in [-0.2, -0.15) is 0 Å². The summed E-state index contributed by atoms with van der Waals surface area (Å²) in [7, 11) is 0. The number of carbonyl (C=O) groups is 1. The molecule has 3 nitrogen and oxygen atoms in total. The Morgan fingerprint density at radius 1 is 1.33 bits per heavy atom. The molecule has 0 saturated carbocycles. The number of likely N-dealkylation sites (tertiary alicyclic amines) is 1. The molecule has 0 aromatic heterocycles. The molecule has 0 radical (unpaired) electrons. The monoisotopic (exact) mass is 330 g/mol. The molecule has 1 aromatic carbocycles. The molecule has 1 aromatic rings. The van der Waals surface area contributed by atoms with Crippen LogP contribution in [0.5, 0.6) is 0 Å². The maximum atomic E-state index is 13.0. The van der Waals surface area contributed by atoms with Crippen LogP contribution in [-0.2, 0) is 10.2 Å². The Morgan fingerprint density at radius 3 is 2.33 bits per heavy atom. The molecule has 1 saturated heterocycles. The third-order valence-electron chi connectivity index (χ3n) is 4.53. The van der Waals surface area contributed by atoms with Gasteiger partial charge < -0.3 is 10.6 Å². The van der Waals surface area contributed by atoms with Crippen LogP contribution in [0.2, 0.25) is 5.02 Å². The number of hydrogen-bond donors (Lipinski definition) is 1. The van der Waals surface area contributed by atoms with Gasteiger partial charge in [0, 0.05) is 24.2 Å². The summed E-state index contributed by atoms with van der Waals surface area (Å²) in [5, 5.41) is 0.700. The predicted octanol–water partition coefficient (Wildman–Crippen LogP) is 3.38. The minimum Gasteiger partial charge on any atom is -0.340 e. The lowest BCUT2D eigenvalue weighted by molar-refractivity contribution is -0.136. The van der Waals surface area contributed by atoms with Crippen molar-refractivity contribution in [3.8, 4) is 0 Å². The first-order valence-electron chi connectivity index (χ1n) is 7.34. The molecule has 0 spiro atoms. The highest BCUT2D eigenvalue weighted by molar-refractivity contribution is 6.30. The standard InChI is InChI=1S/C16H23ClN2O.ClH/c1-3-16(4-2,12-5-7-13(17)8-6-12)15(20)19-10-9-14(18)11-19;/h5-8,14H,3-4,9-11,18H2,1-2H3;1H/t14-;/m1./s1. The molecule has 21 heavy (non-hydrogen) atoms. The predicted molar refractivity (Wildman–Crippen MR) is 90.1 cm³/mol. The Hall–Kier alpha value is -0.770. The van der Waals surface area contributed by atoms with Gasteiger partial charge in [0.05, 0.1) is 5.41 Å². The molecular formula is C16H24Cl2N2O. The highest BCUT2D eigenvalue weighted by atomic mass is 35.5. The van der Waals surface area contributed by atoms with Gasteiger partial charge in [0.25, 0.3) is 0 Å². The van der Waals surface area contributed by atoms with Crippen LogP contribution in [0.15, 0.2) is 24.3 Å². The Bertz CT molecular complexity index is 472. The van der Waals surface area contributed by atoms with Gasteiger partial charge in [-0.1, -0.05) is 37.6 Å². The lowest BCUT2D eigenvalue weighted by atomic mass is 9.74. The van der Waals surface area contributed by atoms with Crippen molar-refractivity contribution in [3.63, 3.8) is 0 Å².